The van der Waals surface area contributed by atoms with Crippen LogP contribution in [0.5, 0.6) is 0 Å². The van der Waals surface area contributed by atoms with Crippen LogP contribution in [-0.4, -0.2) is 19.3 Å². The third-order valence-electron chi connectivity index (χ3n) is 2.41. The Kier molecular flexibility index (Phi) is 3.86. The van der Waals surface area contributed by atoms with Crippen molar-refractivity contribution in [2.75, 3.05) is 14.2 Å². The van der Waals surface area contributed by atoms with E-state index in [1.54, 1.807) is 0 Å². The predicted molar refractivity (Wildman–Crippen MR) is 57.6 cm³/mol. The van der Waals surface area contributed by atoms with Crippen LogP contribution in [0.15, 0.2) is 24.3 Å². The molecule has 0 bridgehead atoms. The standard InChI is InChI=1S/C10H14FO4P/c1-10(12,16(13,14-2)15-3)8-4-6-9(11)7-5-8/h4-7,12H,1-3H3. The topological polar surface area (TPSA) is 55.8 Å². The van der Waals surface area contributed by atoms with Gasteiger partial charge in [-0.25, -0.2) is 4.39 Å². The zero-order chi connectivity index (χ0) is 12.4. The first-order chi connectivity index (χ1) is 7.37. The summed E-state index contributed by atoms with van der Waals surface area (Å²) in [6.45, 7) is 1.30. The normalized spacial score (nSPS) is 15.8. The van der Waals surface area contributed by atoms with E-state index in [-0.39, 0.29) is 5.56 Å². The Morgan fingerprint density at radius 3 is 2.06 bits per heavy atom. The molecular weight excluding hydrogens is 234 g/mol. The molecule has 0 saturated carbocycles. The van der Waals surface area contributed by atoms with Crippen LogP contribution < -0.4 is 0 Å². The smallest absolute Gasteiger partial charge is 0.365 e. The molecular formula is C10H14FO4P. The maximum atomic E-state index is 12.7. The minimum Gasteiger partial charge on any atom is -0.373 e. The number of benzene rings is 1. The summed E-state index contributed by atoms with van der Waals surface area (Å²) in [5.41, 5.74) is 0.265. The maximum Gasteiger partial charge on any atom is 0.365 e. The molecule has 1 unspecified atom stereocenters. The molecule has 1 N–H and O–H groups in total. The molecule has 0 amide bonds. The van der Waals surface area contributed by atoms with Crippen molar-refractivity contribution in [1.82, 2.24) is 0 Å². The van der Waals surface area contributed by atoms with E-state index in [0.29, 0.717) is 0 Å². The third kappa shape index (κ3) is 2.18. The Morgan fingerprint density at radius 2 is 1.69 bits per heavy atom. The molecule has 1 aromatic carbocycles. The largest absolute Gasteiger partial charge is 0.373 e. The summed E-state index contributed by atoms with van der Waals surface area (Å²) in [6, 6.07) is 5.00. The zero-order valence-electron chi connectivity index (χ0n) is 9.31. The van der Waals surface area contributed by atoms with Crippen LogP contribution in [0.3, 0.4) is 0 Å². The van der Waals surface area contributed by atoms with Gasteiger partial charge in [-0.2, -0.15) is 0 Å². The summed E-state index contributed by atoms with van der Waals surface area (Å²) in [5, 5.41) is 8.34. The lowest BCUT2D eigenvalue weighted by Gasteiger charge is -2.29. The van der Waals surface area contributed by atoms with Crippen LogP contribution >= 0.6 is 7.60 Å². The summed E-state index contributed by atoms with van der Waals surface area (Å²) in [6.07, 6.45) is 0. The van der Waals surface area contributed by atoms with Gasteiger partial charge in [-0.05, 0) is 24.6 Å². The molecule has 16 heavy (non-hydrogen) atoms. The highest BCUT2D eigenvalue weighted by Crippen LogP contribution is 2.62. The SMILES string of the molecule is COP(=O)(OC)C(C)(O)c1ccc(F)cc1. The van der Waals surface area contributed by atoms with Crippen LogP contribution in [0, 0.1) is 5.82 Å². The van der Waals surface area contributed by atoms with Crippen LogP contribution in [0.1, 0.15) is 12.5 Å². The number of hydrogen-bond donors (Lipinski definition) is 1. The molecule has 1 aromatic rings. The quantitative estimate of drug-likeness (QED) is 0.831. The van der Waals surface area contributed by atoms with E-state index < -0.39 is 18.8 Å². The molecule has 0 aliphatic carbocycles. The van der Waals surface area contributed by atoms with E-state index in [1.807, 2.05) is 0 Å². The molecule has 0 aromatic heterocycles. The summed E-state index contributed by atoms with van der Waals surface area (Å²) in [5.74, 6) is -0.441. The second-order valence-corrected chi connectivity index (χ2v) is 5.99. The maximum absolute atomic E-state index is 12.7. The fraction of sp³-hybridized carbons (Fsp3) is 0.400. The Bertz CT molecular complexity index is 394. The summed E-state index contributed by atoms with van der Waals surface area (Å²) < 4.78 is 34.2. The third-order valence-corrected chi connectivity index (χ3v) is 4.69. The van der Waals surface area contributed by atoms with E-state index in [4.69, 9.17) is 9.05 Å². The second kappa shape index (κ2) is 4.63. The molecule has 0 fully saturated rings. The fourth-order valence-electron chi connectivity index (χ4n) is 1.35. The van der Waals surface area contributed by atoms with E-state index in [1.165, 1.54) is 45.4 Å². The second-order valence-electron chi connectivity index (χ2n) is 3.39. The summed E-state index contributed by atoms with van der Waals surface area (Å²) in [7, 11) is -1.32. The van der Waals surface area contributed by atoms with Gasteiger partial charge in [0.2, 0.25) is 0 Å². The predicted octanol–water partition coefficient (Wildman–Crippen LogP) is 2.48. The van der Waals surface area contributed by atoms with Crippen molar-refractivity contribution in [2.24, 2.45) is 0 Å². The lowest BCUT2D eigenvalue weighted by atomic mass is 10.1. The van der Waals surface area contributed by atoms with E-state index in [9.17, 15) is 14.1 Å². The van der Waals surface area contributed by atoms with Crippen molar-refractivity contribution in [3.05, 3.63) is 35.6 Å². The number of halogens is 1. The molecule has 0 radical (unpaired) electrons. The first kappa shape index (κ1) is 13.3. The lowest BCUT2D eigenvalue weighted by molar-refractivity contribution is 0.0931. The zero-order valence-corrected chi connectivity index (χ0v) is 10.2. The van der Waals surface area contributed by atoms with Gasteiger partial charge < -0.3 is 14.2 Å². The van der Waals surface area contributed by atoms with Gasteiger partial charge in [0.15, 0.2) is 5.34 Å². The van der Waals surface area contributed by atoms with Gasteiger partial charge in [0.1, 0.15) is 5.82 Å². The molecule has 0 spiro atoms. The number of aliphatic hydroxyl groups is 1. The minimum atomic E-state index is -3.69. The number of hydrogen-bond acceptors (Lipinski definition) is 4. The average molecular weight is 248 g/mol. The Labute approximate surface area is 93.5 Å². The van der Waals surface area contributed by atoms with Gasteiger partial charge in [0, 0.05) is 14.2 Å². The summed E-state index contributed by atoms with van der Waals surface area (Å²) in [4.78, 5) is 0. The molecule has 1 atom stereocenters. The van der Waals surface area contributed by atoms with E-state index >= 15 is 0 Å². The molecule has 4 nitrogen and oxygen atoms in total. The number of rotatable bonds is 4. The molecule has 0 aliphatic rings. The minimum absolute atomic E-state index is 0.265. The first-order valence-electron chi connectivity index (χ1n) is 4.57. The highest BCUT2D eigenvalue weighted by atomic mass is 31.2. The molecule has 0 saturated heterocycles. The van der Waals surface area contributed by atoms with Crippen LogP contribution in [0.4, 0.5) is 4.39 Å². The first-order valence-corrected chi connectivity index (χ1v) is 6.11. The van der Waals surface area contributed by atoms with Crippen molar-refractivity contribution in [3.8, 4) is 0 Å². The van der Waals surface area contributed by atoms with Gasteiger partial charge in [-0.3, -0.25) is 4.57 Å². The van der Waals surface area contributed by atoms with Crippen LogP contribution in [0.2, 0.25) is 0 Å². The van der Waals surface area contributed by atoms with Gasteiger partial charge in [0.05, 0.1) is 0 Å². The molecule has 0 aliphatic heterocycles. The monoisotopic (exact) mass is 248 g/mol. The average Bonchev–Trinajstić information content (AvgIpc) is 2.28. The van der Waals surface area contributed by atoms with Crippen LogP contribution in [0.25, 0.3) is 0 Å². The lowest BCUT2D eigenvalue weighted by Crippen LogP contribution is -2.23. The van der Waals surface area contributed by atoms with Crippen molar-refractivity contribution >= 4 is 7.60 Å². The van der Waals surface area contributed by atoms with Crippen molar-refractivity contribution in [2.45, 2.75) is 12.3 Å². The van der Waals surface area contributed by atoms with E-state index in [0.717, 1.165) is 0 Å². The van der Waals surface area contributed by atoms with Gasteiger partial charge >= 0.3 is 7.60 Å². The van der Waals surface area contributed by atoms with Gasteiger partial charge in [0.25, 0.3) is 0 Å². The molecule has 1 rings (SSSR count). The molecule has 0 heterocycles. The fourth-order valence-corrected chi connectivity index (χ4v) is 2.68. The highest BCUT2D eigenvalue weighted by molar-refractivity contribution is 7.54. The Morgan fingerprint density at radius 1 is 1.25 bits per heavy atom. The summed E-state index contributed by atoms with van der Waals surface area (Å²) >= 11 is 0. The molecule has 90 valence electrons. The molecule has 6 heteroatoms. The Balaban J connectivity index is 3.19. The highest BCUT2D eigenvalue weighted by Gasteiger charge is 2.46. The van der Waals surface area contributed by atoms with Crippen molar-refractivity contribution < 1.29 is 23.1 Å². The van der Waals surface area contributed by atoms with Gasteiger partial charge in [-0.1, -0.05) is 12.1 Å². The Hall–Kier alpha value is -0.740. The van der Waals surface area contributed by atoms with Crippen molar-refractivity contribution in [3.63, 3.8) is 0 Å². The van der Waals surface area contributed by atoms with Crippen molar-refractivity contribution in [1.29, 1.82) is 0 Å². The van der Waals surface area contributed by atoms with Crippen LogP contribution in [-0.2, 0) is 19.0 Å². The van der Waals surface area contributed by atoms with E-state index in [2.05, 4.69) is 0 Å². The van der Waals surface area contributed by atoms with Gasteiger partial charge in [-0.15, -0.1) is 0 Å².